The molecule has 1 aliphatic rings. The van der Waals surface area contributed by atoms with Gasteiger partial charge in [0.05, 0.1) is 10.6 Å². The topological polar surface area (TPSA) is 32.7 Å². The van der Waals surface area contributed by atoms with Crippen molar-refractivity contribution >= 4 is 15.9 Å². The highest BCUT2D eigenvalue weighted by Crippen LogP contribution is 2.26. The summed E-state index contributed by atoms with van der Waals surface area (Å²) >= 11 is 3.34. The van der Waals surface area contributed by atoms with E-state index >= 15 is 0 Å². The molecule has 2 unspecified atom stereocenters. The predicted octanol–water partition coefficient (Wildman–Crippen LogP) is 2.76. The van der Waals surface area contributed by atoms with E-state index in [0.717, 1.165) is 24.0 Å². The number of hydrogen-bond acceptors (Lipinski definition) is 3. The molecule has 0 saturated carbocycles. The van der Waals surface area contributed by atoms with Crippen molar-refractivity contribution in [3.63, 3.8) is 0 Å². The van der Waals surface area contributed by atoms with Crippen LogP contribution in [0.4, 0.5) is 0 Å². The van der Waals surface area contributed by atoms with Gasteiger partial charge in [-0.1, -0.05) is 6.07 Å². The van der Waals surface area contributed by atoms with Gasteiger partial charge in [0.1, 0.15) is 5.75 Å². The van der Waals surface area contributed by atoms with E-state index in [4.69, 9.17) is 4.74 Å². The monoisotopic (exact) mass is 299 g/mol. The third kappa shape index (κ3) is 3.00. The number of phenolic OH excluding ortho intramolecular Hbond substituents is 1. The first-order valence-corrected chi connectivity index (χ1v) is 6.66. The van der Waals surface area contributed by atoms with Crippen LogP contribution in [0.15, 0.2) is 22.7 Å². The number of rotatable bonds is 3. The zero-order chi connectivity index (χ0) is 12.4. The lowest BCUT2D eigenvalue weighted by Crippen LogP contribution is -2.36. The van der Waals surface area contributed by atoms with Crippen LogP contribution in [-0.2, 0) is 11.3 Å². The molecule has 94 valence electrons. The molecule has 3 nitrogen and oxygen atoms in total. The number of hydrogen-bond donors (Lipinski definition) is 1. The van der Waals surface area contributed by atoms with Crippen LogP contribution in [0.3, 0.4) is 0 Å². The van der Waals surface area contributed by atoms with Crippen LogP contribution in [-0.4, -0.2) is 35.8 Å². The third-order valence-electron chi connectivity index (χ3n) is 3.35. The van der Waals surface area contributed by atoms with Crippen molar-refractivity contribution in [1.82, 2.24) is 4.90 Å². The van der Waals surface area contributed by atoms with Gasteiger partial charge in [-0.05, 0) is 54.0 Å². The second-order valence-electron chi connectivity index (χ2n) is 4.63. The molecular formula is C13H18BrNO2. The Labute approximate surface area is 111 Å². The summed E-state index contributed by atoms with van der Waals surface area (Å²) in [7, 11) is 2.12. The minimum Gasteiger partial charge on any atom is -0.507 e. The van der Waals surface area contributed by atoms with Gasteiger partial charge in [-0.15, -0.1) is 0 Å². The van der Waals surface area contributed by atoms with Crippen LogP contribution in [0.1, 0.15) is 18.9 Å². The Morgan fingerprint density at radius 3 is 2.88 bits per heavy atom. The average Bonchev–Trinajstić information content (AvgIpc) is 2.70. The Bertz CT molecular complexity index is 397. The molecule has 1 saturated heterocycles. The van der Waals surface area contributed by atoms with Crippen molar-refractivity contribution in [2.75, 3.05) is 13.7 Å². The van der Waals surface area contributed by atoms with Crippen LogP contribution >= 0.6 is 15.9 Å². The van der Waals surface area contributed by atoms with Crippen molar-refractivity contribution in [3.05, 3.63) is 28.2 Å². The normalized spacial score (nSPS) is 24.5. The van der Waals surface area contributed by atoms with Crippen molar-refractivity contribution < 1.29 is 9.84 Å². The van der Waals surface area contributed by atoms with Crippen LogP contribution in [0, 0.1) is 0 Å². The van der Waals surface area contributed by atoms with Gasteiger partial charge < -0.3 is 9.84 Å². The summed E-state index contributed by atoms with van der Waals surface area (Å²) < 4.78 is 6.33. The predicted molar refractivity (Wildman–Crippen MR) is 71.1 cm³/mol. The van der Waals surface area contributed by atoms with Gasteiger partial charge in [0.2, 0.25) is 0 Å². The lowest BCUT2D eigenvalue weighted by Gasteiger charge is -2.26. The minimum absolute atomic E-state index is 0.286. The highest BCUT2D eigenvalue weighted by Gasteiger charge is 2.27. The standard InChI is InChI=1S/C13H18BrNO2/c1-9-12(5-6-17-9)15(2)8-10-3-4-13(16)11(14)7-10/h3-4,7,9,12,16H,5-6,8H2,1-2H3. The Hall–Kier alpha value is -0.580. The van der Waals surface area contributed by atoms with Crippen molar-refractivity contribution in [2.45, 2.75) is 32.0 Å². The maximum absolute atomic E-state index is 9.45. The SMILES string of the molecule is CC1OCCC1N(C)Cc1ccc(O)c(Br)c1. The van der Waals surface area contributed by atoms with E-state index in [-0.39, 0.29) is 5.75 Å². The fourth-order valence-corrected chi connectivity index (χ4v) is 2.78. The first-order chi connectivity index (χ1) is 8.08. The Kier molecular flexibility index (Phi) is 4.07. The molecule has 0 bridgehead atoms. The number of aromatic hydroxyl groups is 1. The fourth-order valence-electron chi connectivity index (χ4n) is 2.35. The summed E-state index contributed by atoms with van der Waals surface area (Å²) in [4.78, 5) is 2.32. The Morgan fingerprint density at radius 2 is 2.29 bits per heavy atom. The van der Waals surface area contributed by atoms with Crippen LogP contribution in [0.25, 0.3) is 0 Å². The van der Waals surface area contributed by atoms with E-state index in [1.807, 2.05) is 12.1 Å². The van der Waals surface area contributed by atoms with Crippen molar-refractivity contribution in [1.29, 1.82) is 0 Å². The zero-order valence-corrected chi connectivity index (χ0v) is 11.8. The van der Waals surface area contributed by atoms with E-state index in [1.165, 1.54) is 5.56 Å². The van der Waals surface area contributed by atoms with E-state index in [0.29, 0.717) is 12.1 Å². The van der Waals surface area contributed by atoms with Gasteiger partial charge in [-0.2, -0.15) is 0 Å². The first-order valence-electron chi connectivity index (χ1n) is 5.87. The van der Waals surface area contributed by atoms with Gasteiger partial charge in [0.15, 0.2) is 0 Å². The number of nitrogens with zero attached hydrogens (tertiary/aromatic N) is 1. The molecule has 4 heteroatoms. The highest BCUT2D eigenvalue weighted by atomic mass is 79.9. The molecule has 1 aromatic carbocycles. The summed E-state index contributed by atoms with van der Waals surface area (Å²) in [5.74, 6) is 0.286. The zero-order valence-electron chi connectivity index (χ0n) is 10.2. The number of halogens is 1. The van der Waals surface area contributed by atoms with E-state index in [1.54, 1.807) is 6.07 Å². The lowest BCUT2D eigenvalue weighted by molar-refractivity contribution is 0.0814. The molecule has 0 radical (unpaired) electrons. The van der Waals surface area contributed by atoms with Gasteiger partial charge >= 0.3 is 0 Å². The number of phenols is 1. The molecule has 0 spiro atoms. The average molecular weight is 300 g/mol. The molecule has 1 fully saturated rings. The number of ether oxygens (including phenoxy) is 1. The van der Waals surface area contributed by atoms with Crippen molar-refractivity contribution in [3.8, 4) is 5.75 Å². The van der Waals surface area contributed by atoms with Gasteiger partial charge in [0.25, 0.3) is 0 Å². The molecule has 1 aliphatic heterocycles. The molecule has 0 aliphatic carbocycles. The molecule has 2 rings (SSSR count). The second-order valence-corrected chi connectivity index (χ2v) is 5.49. The van der Waals surface area contributed by atoms with Gasteiger partial charge in [0, 0.05) is 19.2 Å². The van der Waals surface area contributed by atoms with E-state index in [9.17, 15) is 5.11 Å². The fraction of sp³-hybridized carbons (Fsp3) is 0.538. The van der Waals surface area contributed by atoms with Crippen LogP contribution in [0.2, 0.25) is 0 Å². The molecule has 1 heterocycles. The molecule has 0 amide bonds. The van der Waals surface area contributed by atoms with Gasteiger partial charge in [-0.25, -0.2) is 0 Å². The number of benzene rings is 1. The maximum Gasteiger partial charge on any atom is 0.129 e. The summed E-state index contributed by atoms with van der Waals surface area (Å²) in [6, 6.07) is 6.13. The molecular weight excluding hydrogens is 282 g/mol. The highest BCUT2D eigenvalue weighted by molar-refractivity contribution is 9.10. The van der Waals surface area contributed by atoms with Crippen LogP contribution < -0.4 is 0 Å². The summed E-state index contributed by atoms with van der Waals surface area (Å²) in [5.41, 5.74) is 1.19. The summed E-state index contributed by atoms with van der Waals surface area (Å²) in [6.07, 6.45) is 1.40. The maximum atomic E-state index is 9.45. The van der Waals surface area contributed by atoms with Crippen molar-refractivity contribution in [2.24, 2.45) is 0 Å². The molecule has 1 aromatic rings. The Morgan fingerprint density at radius 1 is 1.53 bits per heavy atom. The lowest BCUT2D eigenvalue weighted by atomic mass is 10.1. The summed E-state index contributed by atoms with van der Waals surface area (Å²) in [6.45, 7) is 3.85. The molecule has 2 atom stereocenters. The van der Waals surface area contributed by atoms with E-state index in [2.05, 4.69) is 34.8 Å². The smallest absolute Gasteiger partial charge is 0.129 e. The Balaban J connectivity index is 2.02. The van der Waals surface area contributed by atoms with Crippen LogP contribution in [0.5, 0.6) is 5.75 Å². The van der Waals surface area contributed by atoms with E-state index < -0.39 is 0 Å². The second kappa shape index (κ2) is 5.38. The minimum atomic E-state index is 0.286. The molecule has 0 aromatic heterocycles. The van der Waals surface area contributed by atoms with Gasteiger partial charge in [-0.3, -0.25) is 4.90 Å². The number of likely N-dealkylation sites (N-methyl/N-ethyl adjacent to an activating group) is 1. The quantitative estimate of drug-likeness (QED) is 0.931. The molecule has 1 N–H and O–H groups in total. The first kappa shape index (κ1) is 12.9. The third-order valence-corrected chi connectivity index (χ3v) is 3.98. The summed E-state index contributed by atoms with van der Waals surface area (Å²) in [5, 5.41) is 9.45. The molecule has 17 heavy (non-hydrogen) atoms. The largest absolute Gasteiger partial charge is 0.507 e.